The standard InChI is InChI=1S/C26H29N3O4/c1-29(2)12-13-32-25-16-19(18-8-10-27-11-9-18)4-6-23(25)28-26(30)21-14-20-15-22(31-3)5-7-24(20)33-17-21/h4-11,15-16,21H,12-14,17H2,1-3H3,(H,28,30)/t21-/m1/s1. The molecule has 172 valence electrons. The van der Waals surface area contributed by atoms with Crippen molar-refractivity contribution in [3.63, 3.8) is 0 Å². The van der Waals surface area contributed by atoms with E-state index in [-0.39, 0.29) is 11.8 Å². The molecule has 0 saturated carbocycles. The van der Waals surface area contributed by atoms with Gasteiger partial charge >= 0.3 is 0 Å². The topological polar surface area (TPSA) is 72.9 Å². The number of carbonyl (C=O) groups excluding carboxylic acids is 1. The second-order valence-corrected chi connectivity index (χ2v) is 8.27. The first-order valence-electron chi connectivity index (χ1n) is 11.0. The normalized spacial score (nSPS) is 14.8. The maximum atomic E-state index is 13.1. The lowest BCUT2D eigenvalue weighted by atomic mass is 9.95. The van der Waals surface area contributed by atoms with Gasteiger partial charge in [-0.2, -0.15) is 0 Å². The smallest absolute Gasteiger partial charge is 0.231 e. The van der Waals surface area contributed by atoms with Crippen LogP contribution in [0.4, 0.5) is 5.69 Å². The van der Waals surface area contributed by atoms with Crippen LogP contribution in [0, 0.1) is 5.92 Å². The lowest BCUT2D eigenvalue weighted by Gasteiger charge is -2.25. The van der Waals surface area contributed by atoms with Gasteiger partial charge in [0, 0.05) is 18.9 Å². The van der Waals surface area contributed by atoms with Crippen LogP contribution in [0.3, 0.4) is 0 Å². The Bertz CT molecular complexity index is 1100. The Morgan fingerprint density at radius 1 is 1.12 bits per heavy atom. The second-order valence-electron chi connectivity index (χ2n) is 8.27. The van der Waals surface area contributed by atoms with E-state index in [1.54, 1.807) is 19.5 Å². The number of pyridine rings is 1. The van der Waals surface area contributed by atoms with E-state index < -0.39 is 0 Å². The summed E-state index contributed by atoms with van der Waals surface area (Å²) in [6.07, 6.45) is 4.10. The number of hydrogen-bond acceptors (Lipinski definition) is 6. The molecule has 0 spiro atoms. The predicted octanol–water partition coefficient (Wildman–Crippen LogP) is 3.89. The first kappa shape index (κ1) is 22.6. The highest BCUT2D eigenvalue weighted by Crippen LogP contribution is 2.34. The van der Waals surface area contributed by atoms with Gasteiger partial charge in [-0.1, -0.05) is 6.07 Å². The van der Waals surface area contributed by atoms with Gasteiger partial charge in [0.2, 0.25) is 5.91 Å². The lowest BCUT2D eigenvalue weighted by molar-refractivity contribution is -0.121. The minimum Gasteiger partial charge on any atom is -0.497 e. The maximum absolute atomic E-state index is 13.1. The molecule has 0 radical (unpaired) electrons. The first-order chi connectivity index (χ1) is 16.0. The van der Waals surface area contributed by atoms with Gasteiger partial charge < -0.3 is 24.4 Å². The van der Waals surface area contributed by atoms with Crippen molar-refractivity contribution < 1.29 is 19.0 Å². The Labute approximate surface area is 194 Å². The average molecular weight is 448 g/mol. The molecule has 2 heterocycles. The highest BCUT2D eigenvalue weighted by atomic mass is 16.5. The Kier molecular flexibility index (Phi) is 7.10. The van der Waals surface area contributed by atoms with Gasteiger partial charge in [-0.15, -0.1) is 0 Å². The van der Waals surface area contributed by atoms with Crippen molar-refractivity contribution >= 4 is 11.6 Å². The van der Waals surface area contributed by atoms with E-state index in [0.29, 0.717) is 31.1 Å². The number of nitrogens with zero attached hydrogens (tertiary/aromatic N) is 2. The number of hydrogen-bond donors (Lipinski definition) is 1. The van der Waals surface area contributed by atoms with Crippen molar-refractivity contribution in [2.24, 2.45) is 5.92 Å². The number of benzene rings is 2. The van der Waals surface area contributed by atoms with Crippen LogP contribution in [0.25, 0.3) is 11.1 Å². The predicted molar refractivity (Wildman–Crippen MR) is 128 cm³/mol. The Morgan fingerprint density at radius 3 is 2.70 bits per heavy atom. The van der Waals surface area contributed by atoms with Gasteiger partial charge in [-0.05, 0) is 79.7 Å². The minimum atomic E-state index is -0.306. The summed E-state index contributed by atoms with van der Waals surface area (Å²) in [6, 6.07) is 15.4. The third-order valence-corrected chi connectivity index (χ3v) is 5.59. The molecule has 1 N–H and O–H groups in total. The van der Waals surface area contributed by atoms with Gasteiger partial charge in [0.15, 0.2) is 0 Å². The molecule has 1 amide bonds. The number of rotatable bonds is 8. The third kappa shape index (κ3) is 5.62. The lowest BCUT2D eigenvalue weighted by Crippen LogP contribution is -2.32. The van der Waals surface area contributed by atoms with Crippen molar-refractivity contribution in [1.82, 2.24) is 9.88 Å². The molecule has 33 heavy (non-hydrogen) atoms. The van der Waals surface area contributed by atoms with Gasteiger partial charge in [-0.3, -0.25) is 9.78 Å². The summed E-state index contributed by atoms with van der Waals surface area (Å²) in [7, 11) is 5.62. The van der Waals surface area contributed by atoms with E-state index >= 15 is 0 Å². The van der Waals surface area contributed by atoms with Crippen molar-refractivity contribution in [3.8, 4) is 28.4 Å². The highest BCUT2D eigenvalue weighted by molar-refractivity contribution is 5.95. The van der Waals surface area contributed by atoms with Crippen molar-refractivity contribution in [3.05, 3.63) is 66.5 Å². The number of methoxy groups -OCH3 is 1. The number of ether oxygens (including phenoxy) is 3. The summed E-state index contributed by atoms with van der Waals surface area (Å²) in [4.78, 5) is 19.3. The monoisotopic (exact) mass is 447 g/mol. The number of likely N-dealkylation sites (N-methyl/N-ethyl adjacent to an activating group) is 1. The third-order valence-electron chi connectivity index (χ3n) is 5.59. The van der Waals surface area contributed by atoms with Crippen molar-refractivity contribution in [2.75, 3.05) is 46.3 Å². The van der Waals surface area contributed by atoms with E-state index in [4.69, 9.17) is 14.2 Å². The van der Waals surface area contributed by atoms with Crippen LogP contribution in [-0.4, -0.2) is 56.8 Å². The number of nitrogens with one attached hydrogen (secondary N) is 1. The maximum Gasteiger partial charge on any atom is 0.231 e. The number of carbonyl (C=O) groups is 1. The number of fused-ring (bicyclic) bond motifs is 1. The summed E-state index contributed by atoms with van der Waals surface area (Å²) in [5.41, 5.74) is 3.65. The highest BCUT2D eigenvalue weighted by Gasteiger charge is 2.27. The fourth-order valence-electron chi connectivity index (χ4n) is 3.71. The Hall–Kier alpha value is -3.58. The van der Waals surface area contributed by atoms with Crippen molar-refractivity contribution in [2.45, 2.75) is 6.42 Å². The Morgan fingerprint density at radius 2 is 1.94 bits per heavy atom. The zero-order valence-electron chi connectivity index (χ0n) is 19.2. The van der Waals surface area contributed by atoms with Crippen LogP contribution in [-0.2, 0) is 11.2 Å². The number of amides is 1. The average Bonchev–Trinajstić information content (AvgIpc) is 2.84. The molecular weight excluding hydrogens is 418 g/mol. The first-order valence-corrected chi connectivity index (χ1v) is 11.0. The quantitative estimate of drug-likeness (QED) is 0.565. The molecule has 0 bridgehead atoms. The zero-order chi connectivity index (χ0) is 23.2. The molecule has 1 aliphatic heterocycles. The molecule has 1 atom stereocenters. The van der Waals surface area contributed by atoms with Crippen LogP contribution in [0.1, 0.15) is 5.56 Å². The van der Waals surface area contributed by atoms with E-state index in [2.05, 4.69) is 15.2 Å². The fourth-order valence-corrected chi connectivity index (χ4v) is 3.71. The van der Waals surface area contributed by atoms with Gasteiger partial charge in [-0.25, -0.2) is 0 Å². The summed E-state index contributed by atoms with van der Waals surface area (Å²) < 4.78 is 17.2. The fraction of sp³-hybridized carbons (Fsp3) is 0.308. The van der Waals surface area contributed by atoms with Gasteiger partial charge in [0.05, 0.1) is 18.7 Å². The molecule has 4 rings (SSSR count). The van der Waals surface area contributed by atoms with Crippen LogP contribution in [0.5, 0.6) is 17.2 Å². The Balaban J connectivity index is 1.52. The summed E-state index contributed by atoms with van der Waals surface area (Å²) >= 11 is 0. The van der Waals surface area contributed by atoms with Gasteiger partial charge in [0.25, 0.3) is 0 Å². The molecule has 0 unspecified atom stereocenters. The summed E-state index contributed by atoms with van der Waals surface area (Å²) in [5.74, 6) is 1.78. The van der Waals surface area contributed by atoms with Crippen molar-refractivity contribution in [1.29, 1.82) is 0 Å². The second kappa shape index (κ2) is 10.4. The van der Waals surface area contributed by atoms with Crippen LogP contribution < -0.4 is 19.5 Å². The SMILES string of the molecule is COc1ccc2c(c1)C[C@@H](C(=O)Nc1ccc(-c3ccncc3)cc1OCCN(C)C)CO2. The van der Waals surface area contributed by atoms with Crippen LogP contribution >= 0.6 is 0 Å². The molecule has 1 aromatic heterocycles. The van der Waals surface area contributed by atoms with E-state index in [0.717, 1.165) is 34.7 Å². The molecule has 0 saturated heterocycles. The van der Waals surface area contributed by atoms with E-state index in [9.17, 15) is 4.79 Å². The molecule has 1 aliphatic rings. The summed E-state index contributed by atoms with van der Waals surface area (Å²) in [5, 5.41) is 3.06. The molecule has 7 nitrogen and oxygen atoms in total. The summed E-state index contributed by atoms with van der Waals surface area (Å²) in [6.45, 7) is 1.61. The molecule has 2 aromatic carbocycles. The van der Waals surface area contributed by atoms with Gasteiger partial charge in [0.1, 0.15) is 30.5 Å². The molecular formula is C26H29N3O4. The van der Waals surface area contributed by atoms with E-state index in [1.807, 2.05) is 62.6 Å². The molecule has 7 heteroatoms. The molecule has 0 fully saturated rings. The number of aromatic nitrogens is 1. The zero-order valence-corrected chi connectivity index (χ0v) is 19.2. The largest absolute Gasteiger partial charge is 0.497 e. The molecule has 0 aliphatic carbocycles. The van der Waals surface area contributed by atoms with Crippen LogP contribution in [0.15, 0.2) is 60.9 Å². The number of anilines is 1. The van der Waals surface area contributed by atoms with E-state index in [1.165, 1.54) is 0 Å². The van der Waals surface area contributed by atoms with Crippen LogP contribution in [0.2, 0.25) is 0 Å². The molecule has 3 aromatic rings. The minimum absolute atomic E-state index is 0.0995.